The average molecular weight is 325 g/mol. The molecule has 0 saturated carbocycles. The summed E-state index contributed by atoms with van der Waals surface area (Å²) in [6.45, 7) is 1.97. The van der Waals surface area contributed by atoms with Crippen LogP contribution in [0.4, 0.5) is 0 Å². The molecule has 3 rings (SSSR count). The highest BCUT2D eigenvalue weighted by molar-refractivity contribution is 5.94. The molecule has 0 bridgehead atoms. The number of hydrogen-bond acceptors (Lipinski definition) is 3. The van der Waals surface area contributed by atoms with Crippen LogP contribution in [0.5, 0.6) is 5.75 Å². The number of rotatable bonds is 6. The van der Waals surface area contributed by atoms with Crippen LogP contribution in [-0.2, 0) is 11.3 Å². The lowest BCUT2D eigenvalue weighted by Crippen LogP contribution is -2.34. The van der Waals surface area contributed by atoms with Crippen LogP contribution in [0.3, 0.4) is 0 Å². The van der Waals surface area contributed by atoms with Crippen LogP contribution in [-0.4, -0.2) is 37.1 Å². The smallest absolute Gasteiger partial charge is 0.253 e. The van der Waals surface area contributed by atoms with Crippen molar-refractivity contribution in [3.63, 3.8) is 0 Å². The van der Waals surface area contributed by atoms with Gasteiger partial charge in [0.2, 0.25) is 0 Å². The number of nitrogens with zero attached hydrogens (tertiary/aromatic N) is 1. The first kappa shape index (κ1) is 16.5. The van der Waals surface area contributed by atoms with E-state index in [2.05, 4.69) is 0 Å². The van der Waals surface area contributed by atoms with Crippen molar-refractivity contribution >= 4 is 5.91 Å². The van der Waals surface area contributed by atoms with Gasteiger partial charge in [0.15, 0.2) is 0 Å². The molecule has 2 aromatic carbocycles. The summed E-state index contributed by atoms with van der Waals surface area (Å²) in [4.78, 5) is 14.2. The van der Waals surface area contributed by atoms with Gasteiger partial charge in [0.05, 0.1) is 6.10 Å². The van der Waals surface area contributed by atoms with Crippen LogP contribution in [0.25, 0.3) is 0 Å². The minimum atomic E-state index is 0.0140. The van der Waals surface area contributed by atoms with Crippen LogP contribution in [0.15, 0.2) is 54.6 Å². The van der Waals surface area contributed by atoms with Gasteiger partial charge in [-0.05, 0) is 42.7 Å². The molecular weight excluding hydrogens is 302 g/mol. The van der Waals surface area contributed by atoms with E-state index >= 15 is 0 Å². The molecule has 1 aliphatic rings. The predicted octanol–water partition coefficient (Wildman–Crippen LogP) is 3.52. The molecule has 4 nitrogen and oxygen atoms in total. The molecule has 1 aliphatic heterocycles. The van der Waals surface area contributed by atoms with Gasteiger partial charge in [-0.25, -0.2) is 0 Å². The first-order chi connectivity index (χ1) is 11.7. The van der Waals surface area contributed by atoms with Crippen LogP contribution in [0, 0.1) is 0 Å². The zero-order chi connectivity index (χ0) is 16.8. The Hall–Kier alpha value is -2.33. The molecule has 0 spiro atoms. The van der Waals surface area contributed by atoms with E-state index in [0.29, 0.717) is 18.7 Å². The highest BCUT2D eigenvalue weighted by Crippen LogP contribution is 2.17. The predicted molar refractivity (Wildman–Crippen MR) is 93.2 cm³/mol. The summed E-state index contributed by atoms with van der Waals surface area (Å²) in [6, 6.07) is 17.3. The van der Waals surface area contributed by atoms with Crippen LogP contribution in [0.1, 0.15) is 28.8 Å². The molecule has 1 saturated heterocycles. The molecular formula is C20H23NO3. The molecule has 24 heavy (non-hydrogen) atoms. The summed E-state index contributed by atoms with van der Waals surface area (Å²) < 4.78 is 11.3. The maximum Gasteiger partial charge on any atom is 0.253 e. The number of likely N-dealkylation sites (N-methyl/N-ethyl adjacent to an activating group) is 1. The summed E-state index contributed by atoms with van der Waals surface area (Å²) in [7, 11) is 1.82. The van der Waals surface area contributed by atoms with E-state index in [1.54, 1.807) is 4.90 Å². The number of benzene rings is 2. The van der Waals surface area contributed by atoms with Crippen molar-refractivity contribution in [2.24, 2.45) is 0 Å². The van der Waals surface area contributed by atoms with Gasteiger partial charge in [0.25, 0.3) is 5.91 Å². The Morgan fingerprint density at radius 2 is 1.92 bits per heavy atom. The highest BCUT2D eigenvalue weighted by atomic mass is 16.5. The maximum atomic E-state index is 12.5. The third-order valence-corrected chi connectivity index (χ3v) is 4.20. The fourth-order valence-corrected chi connectivity index (χ4v) is 2.83. The molecule has 0 N–H and O–H groups in total. The first-order valence-electron chi connectivity index (χ1n) is 8.36. The van der Waals surface area contributed by atoms with E-state index in [1.165, 1.54) is 0 Å². The van der Waals surface area contributed by atoms with Gasteiger partial charge in [-0.2, -0.15) is 0 Å². The Balaban J connectivity index is 1.54. The number of hydrogen-bond donors (Lipinski definition) is 0. The van der Waals surface area contributed by atoms with Gasteiger partial charge in [0, 0.05) is 25.8 Å². The Morgan fingerprint density at radius 1 is 1.17 bits per heavy atom. The Morgan fingerprint density at radius 3 is 2.58 bits per heavy atom. The van der Waals surface area contributed by atoms with Crippen molar-refractivity contribution in [3.05, 3.63) is 65.7 Å². The molecule has 1 fully saturated rings. The monoisotopic (exact) mass is 325 g/mol. The van der Waals surface area contributed by atoms with Gasteiger partial charge in [-0.1, -0.05) is 30.3 Å². The quantitative estimate of drug-likeness (QED) is 0.816. The third-order valence-electron chi connectivity index (χ3n) is 4.20. The van der Waals surface area contributed by atoms with Crippen molar-refractivity contribution in [2.45, 2.75) is 25.6 Å². The molecule has 2 aromatic rings. The summed E-state index contributed by atoms with van der Waals surface area (Å²) in [5, 5.41) is 0. The van der Waals surface area contributed by atoms with Crippen LogP contribution in [0.2, 0.25) is 0 Å². The average Bonchev–Trinajstić information content (AvgIpc) is 3.13. The Labute approximate surface area is 143 Å². The zero-order valence-electron chi connectivity index (χ0n) is 14.0. The molecule has 0 unspecified atom stereocenters. The summed E-state index contributed by atoms with van der Waals surface area (Å²) in [6.07, 6.45) is 2.29. The number of ether oxygens (including phenoxy) is 2. The zero-order valence-corrected chi connectivity index (χ0v) is 14.0. The number of carbonyl (C=O) groups is 1. The van der Waals surface area contributed by atoms with Crippen molar-refractivity contribution in [1.82, 2.24) is 4.90 Å². The topological polar surface area (TPSA) is 38.8 Å². The lowest BCUT2D eigenvalue weighted by molar-refractivity contribution is 0.0587. The molecule has 1 atom stereocenters. The largest absolute Gasteiger partial charge is 0.489 e. The van der Waals surface area contributed by atoms with E-state index in [-0.39, 0.29) is 12.0 Å². The fraction of sp³-hybridized carbons (Fsp3) is 0.350. The maximum absolute atomic E-state index is 12.5. The first-order valence-corrected chi connectivity index (χ1v) is 8.36. The molecule has 126 valence electrons. The van der Waals surface area contributed by atoms with Gasteiger partial charge in [-0.3, -0.25) is 4.79 Å². The second kappa shape index (κ2) is 7.97. The Bertz CT molecular complexity index is 648. The van der Waals surface area contributed by atoms with E-state index in [9.17, 15) is 4.79 Å². The van der Waals surface area contributed by atoms with Crippen molar-refractivity contribution in [1.29, 1.82) is 0 Å². The van der Waals surface area contributed by atoms with Gasteiger partial charge < -0.3 is 14.4 Å². The minimum Gasteiger partial charge on any atom is -0.489 e. The van der Waals surface area contributed by atoms with Crippen LogP contribution >= 0.6 is 0 Å². The number of amides is 1. The summed E-state index contributed by atoms with van der Waals surface area (Å²) in [5.74, 6) is 0.775. The van der Waals surface area contributed by atoms with Crippen molar-refractivity contribution in [2.75, 3.05) is 20.2 Å². The van der Waals surface area contributed by atoms with Gasteiger partial charge >= 0.3 is 0 Å². The molecule has 0 radical (unpaired) electrons. The second-order valence-corrected chi connectivity index (χ2v) is 6.12. The van der Waals surface area contributed by atoms with Crippen molar-refractivity contribution < 1.29 is 14.3 Å². The highest BCUT2D eigenvalue weighted by Gasteiger charge is 2.20. The standard InChI is InChI=1S/C20H23NO3/c1-21(14-19-8-5-13-23-19)20(22)17-9-11-18(12-10-17)24-15-16-6-3-2-4-7-16/h2-4,6-7,9-12,19H,5,8,13-15H2,1H3/t19-/m1/s1. The normalized spacial score (nSPS) is 16.8. The second-order valence-electron chi connectivity index (χ2n) is 6.12. The van der Waals surface area contributed by atoms with E-state index in [1.807, 2.05) is 61.6 Å². The molecule has 1 heterocycles. The SMILES string of the molecule is CN(C[C@H]1CCCO1)C(=O)c1ccc(OCc2ccccc2)cc1. The summed E-state index contributed by atoms with van der Waals surface area (Å²) >= 11 is 0. The lowest BCUT2D eigenvalue weighted by Gasteiger charge is -2.21. The fourth-order valence-electron chi connectivity index (χ4n) is 2.83. The number of carbonyl (C=O) groups excluding carboxylic acids is 1. The third kappa shape index (κ3) is 4.36. The molecule has 4 heteroatoms. The molecule has 0 aromatic heterocycles. The lowest BCUT2D eigenvalue weighted by atomic mass is 10.1. The summed E-state index contributed by atoms with van der Waals surface area (Å²) in [5.41, 5.74) is 1.79. The van der Waals surface area contributed by atoms with Gasteiger partial charge in [0.1, 0.15) is 12.4 Å². The Kier molecular flexibility index (Phi) is 5.49. The van der Waals surface area contributed by atoms with Crippen LogP contribution < -0.4 is 4.74 Å². The minimum absolute atomic E-state index is 0.0140. The van der Waals surface area contributed by atoms with Gasteiger partial charge in [-0.15, -0.1) is 0 Å². The van der Waals surface area contributed by atoms with Crippen molar-refractivity contribution in [3.8, 4) is 5.75 Å². The molecule has 0 aliphatic carbocycles. The van der Waals surface area contributed by atoms with E-state index < -0.39 is 0 Å². The van der Waals surface area contributed by atoms with E-state index in [0.717, 1.165) is 30.8 Å². The van der Waals surface area contributed by atoms with E-state index in [4.69, 9.17) is 9.47 Å². The molecule has 1 amide bonds.